The average Bonchev–Trinajstić information content (AvgIpc) is 3.12. The Balaban J connectivity index is 1.41. The fraction of sp³-hybridized carbons (Fsp3) is 1.00. The Morgan fingerprint density at radius 1 is 0.519 bits per heavy atom. The molecule has 0 aromatic carbocycles. The quantitative estimate of drug-likeness (QED) is 0.0670. The van der Waals surface area contributed by atoms with Crippen molar-refractivity contribution in [1.29, 1.82) is 0 Å². The molecule has 4 unspecified atom stereocenters. The number of nitrogens with one attached hydrogen (secondary N) is 2. The number of aliphatic hydroxyl groups is 4. The smallest absolute Gasteiger partial charge is 0.0900 e. The van der Waals surface area contributed by atoms with E-state index in [0.717, 1.165) is 117 Å². The van der Waals surface area contributed by atoms with Gasteiger partial charge in [-0.1, -0.05) is 40.5 Å². The molecular formula is C39H80N6O7. The maximum absolute atomic E-state index is 11.2. The summed E-state index contributed by atoms with van der Waals surface area (Å²) in [6, 6.07) is 0. The fourth-order valence-electron chi connectivity index (χ4n) is 8.16. The van der Waals surface area contributed by atoms with E-state index < -0.39 is 24.4 Å². The van der Waals surface area contributed by atoms with Gasteiger partial charge in [0.2, 0.25) is 0 Å². The van der Waals surface area contributed by atoms with Crippen LogP contribution in [0.15, 0.2) is 0 Å². The molecule has 3 fully saturated rings. The summed E-state index contributed by atoms with van der Waals surface area (Å²) in [7, 11) is 0. The standard InChI is InChI=1S/C39H80N6O7/c1-5-9-38(4,10-6-2)31-50-28-37(49)27-45-22-20-44(21-23-45)24-34(46)8-11-39(7-3,32-51-29-35(47)25-42-16-12-40-13-17-42)33-52-30-36(48)26-43-18-14-41-15-19-43/h34-37,40-41,46-49H,5-33H2,1-4H3. The molecule has 3 aliphatic rings. The summed E-state index contributed by atoms with van der Waals surface area (Å²) >= 11 is 0. The van der Waals surface area contributed by atoms with Crippen molar-refractivity contribution in [3.63, 3.8) is 0 Å². The summed E-state index contributed by atoms with van der Waals surface area (Å²) in [4.78, 5) is 9.17. The van der Waals surface area contributed by atoms with Crippen molar-refractivity contribution in [2.45, 2.75) is 97.1 Å². The largest absolute Gasteiger partial charge is 0.392 e. The fourth-order valence-corrected chi connectivity index (χ4v) is 8.16. The molecule has 3 heterocycles. The van der Waals surface area contributed by atoms with Gasteiger partial charge in [-0.15, -0.1) is 0 Å². The first-order chi connectivity index (χ1) is 25.1. The molecule has 13 heteroatoms. The van der Waals surface area contributed by atoms with E-state index in [-0.39, 0.29) is 24.0 Å². The Hall–Kier alpha value is -0.520. The van der Waals surface area contributed by atoms with E-state index in [0.29, 0.717) is 59.0 Å². The lowest BCUT2D eigenvalue weighted by Crippen LogP contribution is -2.50. The van der Waals surface area contributed by atoms with Crippen molar-refractivity contribution in [2.24, 2.45) is 10.8 Å². The summed E-state index contributed by atoms with van der Waals surface area (Å²) in [5.74, 6) is 0. The number of piperazine rings is 3. The molecule has 3 saturated heterocycles. The first kappa shape index (κ1) is 45.9. The number of nitrogens with zero attached hydrogens (tertiary/aromatic N) is 4. The van der Waals surface area contributed by atoms with E-state index in [1.165, 1.54) is 0 Å². The van der Waals surface area contributed by atoms with Crippen LogP contribution in [0.1, 0.15) is 72.6 Å². The second kappa shape index (κ2) is 25.6. The maximum Gasteiger partial charge on any atom is 0.0900 e. The molecule has 6 N–H and O–H groups in total. The summed E-state index contributed by atoms with van der Waals surface area (Å²) in [6.45, 7) is 24.7. The van der Waals surface area contributed by atoms with Crippen LogP contribution >= 0.6 is 0 Å². The molecule has 0 amide bonds. The number of hydrogen-bond donors (Lipinski definition) is 6. The van der Waals surface area contributed by atoms with Crippen LogP contribution in [0.2, 0.25) is 0 Å². The van der Waals surface area contributed by atoms with Gasteiger partial charge in [-0.2, -0.15) is 0 Å². The molecule has 0 saturated carbocycles. The Labute approximate surface area is 316 Å². The lowest BCUT2D eigenvalue weighted by atomic mass is 9.81. The highest BCUT2D eigenvalue weighted by molar-refractivity contribution is 4.83. The molecule has 4 atom stereocenters. The van der Waals surface area contributed by atoms with Crippen molar-refractivity contribution < 1.29 is 34.6 Å². The van der Waals surface area contributed by atoms with Crippen molar-refractivity contribution in [3.05, 3.63) is 0 Å². The zero-order valence-corrected chi connectivity index (χ0v) is 33.6. The minimum absolute atomic E-state index is 0.188. The van der Waals surface area contributed by atoms with Gasteiger partial charge in [0.05, 0.1) is 64.1 Å². The van der Waals surface area contributed by atoms with E-state index in [4.69, 9.17) is 14.2 Å². The second-order valence-corrected chi connectivity index (χ2v) is 16.6. The van der Waals surface area contributed by atoms with Gasteiger partial charge >= 0.3 is 0 Å². The van der Waals surface area contributed by atoms with E-state index in [2.05, 4.69) is 57.9 Å². The first-order valence-electron chi connectivity index (χ1n) is 20.8. The van der Waals surface area contributed by atoms with Crippen LogP contribution in [0.3, 0.4) is 0 Å². The number of aliphatic hydroxyl groups excluding tert-OH is 4. The molecule has 0 aromatic rings. The molecule has 3 rings (SSSR count). The summed E-state index contributed by atoms with van der Waals surface area (Å²) in [5.41, 5.74) is -0.140. The van der Waals surface area contributed by atoms with Crippen LogP contribution in [-0.4, -0.2) is 209 Å². The normalized spacial score (nSPS) is 22.6. The van der Waals surface area contributed by atoms with Crippen LogP contribution in [0, 0.1) is 10.8 Å². The number of hydrogen-bond acceptors (Lipinski definition) is 13. The van der Waals surface area contributed by atoms with Gasteiger partial charge in [-0.25, -0.2) is 0 Å². The molecule has 0 spiro atoms. The number of β-amino-alcohol motifs (C(OH)–C–C–N with tert-alkyl or cyclic N) is 4. The predicted octanol–water partition coefficient (Wildman–Crippen LogP) is 0.691. The molecule has 0 aromatic heterocycles. The molecule has 13 nitrogen and oxygen atoms in total. The molecular weight excluding hydrogens is 664 g/mol. The minimum Gasteiger partial charge on any atom is -0.392 e. The van der Waals surface area contributed by atoms with E-state index in [9.17, 15) is 20.4 Å². The highest BCUT2D eigenvalue weighted by atomic mass is 16.5. The van der Waals surface area contributed by atoms with Crippen LogP contribution in [-0.2, 0) is 14.2 Å². The Kier molecular flexibility index (Phi) is 22.6. The van der Waals surface area contributed by atoms with E-state index in [1.54, 1.807) is 0 Å². The summed E-state index contributed by atoms with van der Waals surface area (Å²) in [6.07, 6.45) is 4.66. The van der Waals surface area contributed by atoms with Gasteiger partial charge in [-0.05, 0) is 37.5 Å². The van der Waals surface area contributed by atoms with Crippen LogP contribution < -0.4 is 10.6 Å². The molecule has 308 valence electrons. The topological polar surface area (TPSA) is 146 Å². The van der Waals surface area contributed by atoms with Crippen molar-refractivity contribution in [2.75, 3.05) is 144 Å². The third-order valence-electron chi connectivity index (χ3n) is 11.4. The predicted molar refractivity (Wildman–Crippen MR) is 208 cm³/mol. The SMILES string of the molecule is CCCC(C)(CCC)COCC(O)CN1CCN(CC(O)CCC(CC)(COCC(O)CN2CCNCC2)COCC(O)CN2CCNCC2)CC1. The van der Waals surface area contributed by atoms with Gasteiger partial charge in [0.25, 0.3) is 0 Å². The lowest BCUT2D eigenvalue weighted by Gasteiger charge is -2.37. The Morgan fingerprint density at radius 3 is 1.27 bits per heavy atom. The molecule has 3 aliphatic heterocycles. The van der Waals surface area contributed by atoms with Crippen molar-refractivity contribution >= 4 is 0 Å². The Morgan fingerprint density at radius 2 is 0.885 bits per heavy atom. The summed E-state index contributed by atoms with van der Waals surface area (Å²) < 4.78 is 18.4. The van der Waals surface area contributed by atoms with Gasteiger partial charge in [0.15, 0.2) is 0 Å². The Bertz CT molecular complexity index is 851. The first-order valence-corrected chi connectivity index (χ1v) is 20.8. The maximum atomic E-state index is 11.2. The van der Waals surface area contributed by atoms with Gasteiger partial charge in [0, 0.05) is 110 Å². The van der Waals surface area contributed by atoms with Gasteiger partial charge in [0.1, 0.15) is 0 Å². The zero-order chi connectivity index (χ0) is 37.7. The molecule has 0 bridgehead atoms. The third kappa shape index (κ3) is 18.4. The lowest BCUT2D eigenvalue weighted by molar-refractivity contribution is -0.0739. The minimum atomic E-state index is -0.556. The van der Waals surface area contributed by atoms with Crippen molar-refractivity contribution in [3.8, 4) is 0 Å². The molecule has 0 radical (unpaired) electrons. The number of rotatable bonds is 28. The van der Waals surface area contributed by atoms with E-state index in [1.807, 2.05) is 0 Å². The number of ether oxygens (including phenoxy) is 3. The second-order valence-electron chi connectivity index (χ2n) is 16.6. The average molecular weight is 745 g/mol. The summed E-state index contributed by atoms with van der Waals surface area (Å²) in [5, 5.41) is 50.0. The van der Waals surface area contributed by atoms with Crippen molar-refractivity contribution in [1.82, 2.24) is 30.2 Å². The van der Waals surface area contributed by atoms with Crippen LogP contribution in [0.5, 0.6) is 0 Å². The van der Waals surface area contributed by atoms with Gasteiger partial charge < -0.3 is 45.3 Å². The van der Waals surface area contributed by atoms with Crippen LogP contribution in [0.4, 0.5) is 0 Å². The highest BCUT2D eigenvalue weighted by Crippen LogP contribution is 2.31. The van der Waals surface area contributed by atoms with Crippen LogP contribution in [0.25, 0.3) is 0 Å². The van der Waals surface area contributed by atoms with E-state index >= 15 is 0 Å². The van der Waals surface area contributed by atoms with Gasteiger partial charge in [-0.3, -0.25) is 19.6 Å². The highest BCUT2D eigenvalue weighted by Gasteiger charge is 2.32. The monoisotopic (exact) mass is 745 g/mol. The zero-order valence-electron chi connectivity index (χ0n) is 33.6. The third-order valence-corrected chi connectivity index (χ3v) is 11.4. The molecule has 52 heavy (non-hydrogen) atoms. The molecule has 0 aliphatic carbocycles.